The van der Waals surface area contributed by atoms with E-state index in [2.05, 4.69) is 79.7 Å². The van der Waals surface area contributed by atoms with E-state index < -0.39 is 0 Å². The van der Waals surface area contributed by atoms with Crippen LogP contribution in [0.25, 0.3) is 33.0 Å². The highest BCUT2D eigenvalue weighted by Crippen LogP contribution is 2.33. The van der Waals surface area contributed by atoms with Gasteiger partial charge in [-0.1, -0.05) is 54.6 Å². The number of nitrogens with zero attached hydrogens (tertiary/aromatic N) is 1. The fourth-order valence-corrected chi connectivity index (χ4v) is 3.35. The molecule has 0 aliphatic heterocycles. The van der Waals surface area contributed by atoms with E-state index in [1.807, 2.05) is 18.2 Å². The lowest BCUT2D eigenvalue weighted by atomic mass is 9.95. The third-order valence-corrected chi connectivity index (χ3v) is 4.73. The number of hydrogen-bond acceptors (Lipinski definition) is 2. The zero-order valence-electron chi connectivity index (χ0n) is 15.0. The summed E-state index contributed by atoms with van der Waals surface area (Å²) >= 11 is 0. The van der Waals surface area contributed by atoms with E-state index >= 15 is 0 Å². The predicted octanol–water partition coefficient (Wildman–Crippen LogP) is 5.95. The van der Waals surface area contributed by atoms with Crippen molar-refractivity contribution in [3.8, 4) is 28.0 Å². The van der Waals surface area contributed by atoms with Crippen LogP contribution in [0, 0.1) is 0 Å². The van der Waals surface area contributed by atoms with Crippen LogP contribution >= 0.6 is 0 Å². The molecule has 0 fully saturated rings. The van der Waals surface area contributed by atoms with E-state index in [1.165, 1.54) is 27.6 Å². The second-order valence-corrected chi connectivity index (χ2v) is 6.74. The molecule has 0 atom stereocenters. The van der Waals surface area contributed by atoms with Gasteiger partial charge in [-0.15, -0.1) is 0 Å². The molecule has 0 heterocycles. The summed E-state index contributed by atoms with van der Waals surface area (Å²) < 4.78 is 0. The molecule has 0 saturated heterocycles. The van der Waals surface area contributed by atoms with Crippen LogP contribution in [0.3, 0.4) is 0 Å². The van der Waals surface area contributed by atoms with Gasteiger partial charge in [0.25, 0.3) is 0 Å². The number of rotatable bonds is 3. The molecule has 4 aromatic carbocycles. The minimum absolute atomic E-state index is 0.289. The Balaban J connectivity index is 1.83. The molecule has 0 amide bonds. The van der Waals surface area contributed by atoms with Gasteiger partial charge in [0.2, 0.25) is 0 Å². The number of aromatic hydroxyl groups is 1. The molecule has 0 aromatic heterocycles. The van der Waals surface area contributed by atoms with Crippen LogP contribution in [0.1, 0.15) is 0 Å². The lowest BCUT2D eigenvalue weighted by Crippen LogP contribution is -2.08. The van der Waals surface area contributed by atoms with E-state index in [-0.39, 0.29) is 5.75 Å². The van der Waals surface area contributed by atoms with E-state index in [1.54, 1.807) is 6.07 Å². The molecule has 0 aliphatic carbocycles. The molecule has 0 unspecified atom stereocenters. The Morgan fingerprint density at radius 2 is 1.38 bits per heavy atom. The molecule has 128 valence electrons. The summed E-state index contributed by atoms with van der Waals surface area (Å²) in [6.07, 6.45) is 0. The molecule has 4 rings (SSSR count). The topological polar surface area (TPSA) is 23.5 Å². The van der Waals surface area contributed by atoms with Crippen molar-refractivity contribution in [2.45, 2.75) is 0 Å². The number of phenolic OH excluding ortho intramolecular Hbond substituents is 1. The second-order valence-electron chi connectivity index (χ2n) is 6.74. The summed E-state index contributed by atoms with van der Waals surface area (Å²) in [6, 6.07) is 28.9. The molecule has 4 aromatic rings. The number of anilines is 1. The highest BCUT2D eigenvalue weighted by atomic mass is 16.3. The number of hydrogen-bond donors (Lipinski definition) is 1. The van der Waals surface area contributed by atoms with Gasteiger partial charge in [-0.05, 0) is 63.4 Å². The predicted molar refractivity (Wildman–Crippen MR) is 111 cm³/mol. The van der Waals surface area contributed by atoms with Crippen molar-refractivity contribution in [2.75, 3.05) is 19.0 Å². The average Bonchev–Trinajstić information content (AvgIpc) is 2.67. The number of fused-ring (bicyclic) bond motifs is 1. The normalized spacial score (nSPS) is 10.8. The van der Waals surface area contributed by atoms with Gasteiger partial charge in [0.05, 0.1) is 0 Å². The molecule has 0 saturated carbocycles. The molecule has 0 spiro atoms. The maximum atomic E-state index is 9.81. The average molecular weight is 339 g/mol. The van der Waals surface area contributed by atoms with Gasteiger partial charge >= 0.3 is 0 Å². The lowest BCUT2D eigenvalue weighted by Gasteiger charge is -2.14. The minimum Gasteiger partial charge on any atom is -0.508 e. The van der Waals surface area contributed by atoms with Crippen LogP contribution in [-0.2, 0) is 0 Å². The first-order valence-corrected chi connectivity index (χ1v) is 8.72. The fraction of sp³-hybridized carbons (Fsp3) is 0.0833. The molecule has 0 bridgehead atoms. The molecule has 2 heteroatoms. The Morgan fingerprint density at radius 1 is 0.654 bits per heavy atom. The van der Waals surface area contributed by atoms with E-state index in [0.717, 1.165) is 11.1 Å². The van der Waals surface area contributed by atoms with E-state index in [9.17, 15) is 5.11 Å². The first kappa shape index (κ1) is 16.2. The molecular formula is C24H21NO. The lowest BCUT2D eigenvalue weighted by molar-refractivity contribution is 0.475. The van der Waals surface area contributed by atoms with Crippen molar-refractivity contribution >= 4 is 16.5 Å². The fourth-order valence-electron chi connectivity index (χ4n) is 3.35. The highest BCUT2D eigenvalue weighted by molar-refractivity contribution is 5.98. The van der Waals surface area contributed by atoms with Gasteiger partial charge in [-0.3, -0.25) is 0 Å². The van der Waals surface area contributed by atoms with Gasteiger partial charge in [0, 0.05) is 19.8 Å². The molecule has 0 aliphatic rings. The van der Waals surface area contributed by atoms with Crippen molar-refractivity contribution in [1.29, 1.82) is 0 Å². The Kier molecular flexibility index (Phi) is 4.10. The molecule has 2 nitrogen and oxygen atoms in total. The molecule has 0 radical (unpaired) electrons. The molecular weight excluding hydrogens is 318 g/mol. The third-order valence-electron chi connectivity index (χ3n) is 4.73. The highest BCUT2D eigenvalue weighted by Gasteiger charge is 2.07. The number of benzene rings is 4. The van der Waals surface area contributed by atoms with Crippen LogP contribution < -0.4 is 4.90 Å². The zero-order chi connectivity index (χ0) is 18.1. The first-order chi connectivity index (χ1) is 12.6. The second kappa shape index (κ2) is 6.57. The van der Waals surface area contributed by atoms with Crippen molar-refractivity contribution < 1.29 is 5.11 Å². The standard InChI is InChI=1S/C24H21NO/c1-25(2)21-9-3-6-17(15-21)18-12-13-24-19(14-18)8-5-11-23(24)20-7-4-10-22(26)16-20/h3-16,26H,1-2H3. The largest absolute Gasteiger partial charge is 0.508 e. The van der Waals surface area contributed by atoms with Gasteiger partial charge in [0.15, 0.2) is 0 Å². The summed E-state index contributed by atoms with van der Waals surface area (Å²) in [5, 5.41) is 12.2. The van der Waals surface area contributed by atoms with E-state index in [4.69, 9.17) is 0 Å². The van der Waals surface area contributed by atoms with Crippen LogP contribution in [-0.4, -0.2) is 19.2 Å². The molecule has 26 heavy (non-hydrogen) atoms. The minimum atomic E-state index is 0.289. The summed E-state index contributed by atoms with van der Waals surface area (Å²) in [6.45, 7) is 0. The first-order valence-electron chi connectivity index (χ1n) is 8.72. The van der Waals surface area contributed by atoms with Gasteiger partial charge in [-0.25, -0.2) is 0 Å². The van der Waals surface area contributed by atoms with Crippen molar-refractivity contribution in [1.82, 2.24) is 0 Å². The Hall–Kier alpha value is -3.26. The maximum absolute atomic E-state index is 9.81. The Labute approximate surface area is 154 Å². The van der Waals surface area contributed by atoms with E-state index in [0.29, 0.717) is 0 Å². The summed E-state index contributed by atoms with van der Waals surface area (Å²) in [7, 11) is 4.11. The molecule has 1 N–H and O–H groups in total. The van der Waals surface area contributed by atoms with Gasteiger partial charge in [-0.2, -0.15) is 0 Å². The summed E-state index contributed by atoms with van der Waals surface area (Å²) in [5.41, 5.74) is 5.76. The Morgan fingerprint density at radius 3 is 2.19 bits per heavy atom. The van der Waals surface area contributed by atoms with Crippen LogP contribution in [0.4, 0.5) is 5.69 Å². The van der Waals surface area contributed by atoms with Crippen LogP contribution in [0.2, 0.25) is 0 Å². The van der Waals surface area contributed by atoms with Gasteiger partial charge < -0.3 is 10.0 Å². The smallest absolute Gasteiger partial charge is 0.116 e. The van der Waals surface area contributed by atoms with Crippen LogP contribution in [0.5, 0.6) is 5.75 Å². The van der Waals surface area contributed by atoms with Gasteiger partial charge in [0.1, 0.15) is 5.75 Å². The summed E-state index contributed by atoms with van der Waals surface area (Å²) in [4.78, 5) is 2.12. The third kappa shape index (κ3) is 3.02. The quantitative estimate of drug-likeness (QED) is 0.499. The van der Waals surface area contributed by atoms with Crippen molar-refractivity contribution in [3.63, 3.8) is 0 Å². The maximum Gasteiger partial charge on any atom is 0.116 e. The van der Waals surface area contributed by atoms with Crippen LogP contribution in [0.15, 0.2) is 84.9 Å². The Bertz CT molecular complexity index is 1080. The van der Waals surface area contributed by atoms with Crippen molar-refractivity contribution in [3.05, 3.63) is 84.9 Å². The zero-order valence-corrected chi connectivity index (χ0v) is 15.0. The SMILES string of the molecule is CN(C)c1cccc(-c2ccc3c(-c4cccc(O)c4)cccc3c2)c1. The number of phenols is 1. The van der Waals surface area contributed by atoms with Crippen molar-refractivity contribution in [2.24, 2.45) is 0 Å². The monoisotopic (exact) mass is 339 g/mol. The summed E-state index contributed by atoms with van der Waals surface area (Å²) in [5.74, 6) is 0.289.